The average molecular weight is 330 g/mol. The smallest absolute Gasteiger partial charge is 0.253 e. The summed E-state index contributed by atoms with van der Waals surface area (Å²) >= 11 is 2.23. The molecule has 2 rings (SSSR count). The van der Waals surface area contributed by atoms with Crippen LogP contribution in [0.1, 0.15) is 23.2 Å². The van der Waals surface area contributed by atoms with Crippen LogP contribution >= 0.6 is 22.6 Å². The fourth-order valence-corrected chi connectivity index (χ4v) is 2.33. The van der Waals surface area contributed by atoms with E-state index in [1.165, 1.54) is 0 Å². The molecule has 1 saturated heterocycles. The van der Waals surface area contributed by atoms with Crippen molar-refractivity contribution in [2.75, 3.05) is 13.1 Å². The predicted molar refractivity (Wildman–Crippen MR) is 72.3 cm³/mol. The van der Waals surface area contributed by atoms with E-state index in [4.69, 9.17) is 5.73 Å². The molecule has 0 radical (unpaired) electrons. The molecule has 0 aromatic heterocycles. The summed E-state index contributed by atoms with van der Waals surface area (Å²) in [5, 5.41) is 0. The van der Waals surface area contributed by atoms with Crippen molar-refractivity contribution in [2.24, 2.45) is 5.73 Å². The summed E-state index contributed by atoms with van der Waals surface area (Å²) in [5.41, 5.74) is 6.63. The minimum atomic E-state index is 0.103. The molecule has 1 aromatic carbocycles. The Kier molecular flexibility index (Phi) is 3.81. The lowest BCUT2D eigenvalue weighted by Crippen LogP contribution is -2.45. The van der Waals surface area contributed by atoms with Crippen LogP contribution in [0.3, 0.4) is 0 Å². The van der Waals surface area contributed by atoms with E-state index in [1.54, 1.807) is 0 Å². The van der Waals surface area contributed by atoms with Crippen molar-refractivity contribution >= 4 is 28.5 Å². The molecule has 0 unspecified atom stereocenters. The number of piperidine rings is 1. The van der Waals surface area contributed by atoms with Gasteiger partial charge in [0.2, 0.25) is 0 Å². The zero-order chi connectivity index (χ0) is 11.5. The highest BCUT2D eigenvalue weighted by Crippen LogP contribution is 2.14. The number of benzene rings is 1. The third-order valence-electron chi connectivity index (χ3n) is 2.84. The molecule has 0 saturated carbocycles. The molecular weight excluding hydrogens is 315 g/mol. The Morgan fingerprint density at radius 1 is 1.38 bits per heavy atom. The summed E-state index contributed by atoms with van der Waals surface area (Å²) < 4.78 is 1.14. The first-order valence-corrected chi connectivity index (χ1v) is 6.55. The molecule has 0 spiro atoms. The molecule has 1 aliphatic heterocycles. The standard InChI is InChI=1S/C12H15IN2O/c13-10-5-3-9(4-6-10)12(16)15-7-1-2-11(14)8-15/h3-6,11H,1-2,7-8,14H2/t11-/m1/s1. The first kappa shape index (κ1) is 11.9. The fourth-order valence-electron chi connectivity index (χ4n) is 1.97. The second-order valence-electron chi connectivity index (χ2n) is 4.16. The summed E-state index contributed by atoms with van der Waals surface area (Å²) in [6.07, 6.45) is 2.04. The van der Waals surface area contributed by atoms with Crippen molar-refractivity contribution < 1.29 is 4.79 Å². The van der Waals surface area contributed by atoms with Crippen LogP contribution < -0.4 is 5.73 Å². The van der Waals surface area contributed by atoms with Gasteiger partial charge in [0.15, 0.2) is 0 Å². The SMILES string of the molecule is N[C@@H]1CCCN(C(=O)c2ccc(I)cc2)C1. The lowest BCUT2D eigenvalue weighted by molar-refractivity contribution is 0.0709. The lowest BCUT2D eigenvalue weighted by Gasteiger charge is -2.30. The van der Waals surface area contributed by atoms with Gasteiger partial charge in [-0.25, -0.2) is 0 Å². The van der Waals surface area contributed by atoms with Gasteiger partial charge in [0.1, 0.15) is 0 Å². The Hall–Kier alpha value is -0.620. The number of amides is 1. The molecule has 0 bridgehead atoms. The second kappa shape index (κ2) is 5.14. The van der Waals surface area contributed by atoms with Gasteiger partial charge in [0, 0.05) is 28.3 Å². The van der Waals surface area contributed by atoms with E-state index in [0.717, 1.165) is 28.5 Å². The zero-order valence-corrected chi connectivity index (χ0v) is 11.2. The van der Waals surface area contributed by atoms with Crippen LogP contribution in [0.2, 0.25) is 0 Å². The van der Waals surface area contributed by atoms with Gasteiger partial charge in [-0.2, -0.15) is 0 Å². The summed E-state index contributed by atoms with van der Waals surface area (Å²) in [6.45, 7) is 1.52. The second-order valence-corrected chi connectivity index (χ2v) is 5.41. The van der Waals surface area contributed by atoms with Crippen LogP contribution in [-0.2, 0) is 0 Å². The Morgan fingerprint density at radius 2 is 2.06 bits per heavy atom. The molecular formula is C12H15IN2O. The van der Waals surface area contributed by atoms with Crippen LogP contribution in [0.4, 0.5) is 0 Å². The molecule has 0 aliphatic carbocycles. The van der Waals surface area contributed by atoms with E-state index in [0.29, 0.717) is 6.54 Å². The average Bonchev–Trinajstić information content (AvgIpc) is 2.29. The lowest BCUT2D eigenvalue weighted by atomic mass is 10.1. The van der Waals surface area contributed by atoms with Gasteiger partial charge < -0.3 is 10.6 Å². The van der Waals surface area contributed by atoms with E-state index in [-0.39, 0.29) is 11.9 Å². The molecule has 1 aromatic rings. The first-order valence-electron chi connectivity index (χ1n) is 5.47. The molecule has 1 atom stereocenters. The molecule has 3 nitrogen and oxygen atoms in total. The highest BCUT2D eigenvalue weighted by atomic mass is 127. The monoisotopic (exact) mass is 330 g/mol. The fraction of sp³-hybridized carbons (Fsp3) is 0.417. The summed E-state index contributed by atoms with van der Waals surface area (Å²) in [4.78, 5) is 14.0. The minimum absolute atomic E-state index is 0.103. The third-order valence-corrected chi connectivity index (χ3v) is 3.56. The Morgan fingerprint density at radius 3 is 2.69 bits per heavy atom. The largest absolute Gasteiger partial charge is 0.337 e. The highest BCUT2D eigenvalue weighted by molar-refractivity contribution is 14.1. The molecule has 1 fully saturated rings. The van der Waals surface area contributed by atoms with Crippen LogP contribution in [0.15, 0.2) is 24.3 Å². The van der Waals surface area contributed by atoms with Gasteiger partial charge in [-0.1, -0.05) is 0 Å². The van der Waals surface area contributed by atoms with Crippen molar-refractivity contribution in [3.8, 4) is 0 Å². The van der Waals surface area contributed by atoms with E-state index in [2.05, 4.69) is 22.6 Å². The first-order chi connectivity index (χ1) is 7.66. The van der Waals surface area contributed by atoms with Crippen LogP contribution in [0, 0.1) is 3.57 Å². The molecule has 2 N–H and O–H groups in total. The number of rotatable bonds is 1. The minimum Gasteiger partial charge on any atom is -0.337 e. The molecule has 1 aliphatic rings. The maximum atomic E-state index is 12.1. The zero-order valence-electron chi connectivity index (χ0n) is 9.03. The van der Waals surface area contributed by atoms with Gasteiger partial charge in [-0.15, -0.1) is 0 Å². The number of nitrogens with two attached hydrogens (primary N) is 1. The molecule has 16 heavy (non-hydrogen) atoms. The number of carbonyl (C=O) groups excluding carboxylic acids is 1. The number of hydrogen-bond acceptors (Lipinski definition) is 2. The third kappa shape index (κ3) is 2.74. The molecule has 4 heteroatoms. The molecule has 1 heterocycles. The van der Waals surface area contributed by atoms with Crippen molar-refractivity contribution in [1.82, 2.24) is 4.90 Å². The predicted octanol–water partition coefficient (Wildman–Crippen LogP) is 1.85. The number of likely N-dealkylation sites (tertiary alicyclic amines) is 1. The summed E-state index contributed by atoms with van der Waals surface area (Å²) in [5.74, 6) is 0.103. The number of hydrogen-bond donors (Lipinski definition) is 1. The Bertz CT molecular complexity index is 377. The maximum absolute atomic E-state index is 12.1. The van der Waals surface area contributed by atoms with E-state index in [1.807, 2.05) is 29.2 Å². The normalized spacial score (nSPS) is 20.9. The van der Waals surface area contributed by atoms with Gasteiger partial charge in [0.25, 0.3) is 5.91 Å². The van der Waals surface area contributed by atoms with E-state index >= 15 is 0 Å². The quantitative estimate of drug-likeness (QED) is 0.799. The van der Waals surface area contributed by atoms with Crippen LogP contribution in [-0.4, -0.2) is 29.9 Å². The van der Waals surface area contributed by atoms with Gasteiger partial charge in [-0.3, -0.25) is 4.79 Å². The topological polar surface area (TPSA) is 46.3 Å². The maximum Gasteiger partial charge on any atom is 0.253 e. The van der Waals surface area contributed by atoms with E-state index in [9.17, 15) is 4.79 Å². The highest BCUT2D eigenvalue weighted by Gasteiger charge is 2.21. The number of carbonyl (C=O) groups is 1. The Balaban J connectivity index is 2.09. The van der Waals surface area contributed by atoms with Gasteiger partial charge in [-0.05, 0) is 59.7 Å². The van der Waals surface area contributed by atoms with E-state index < -0.39 is 0 Å². The molecule has 86 valence electrons. The van der Waals surface area contributed by atoms with Crippen molar-refractivity contribution in [3.05, 3.63) is 33.4 Å². The summed E-state index contributed by atoms with van der Waals surface area (Å²) in [7, 11) is 0. The number of nitrogens with zero attached hydrogens (tertiary/aromatic N) is 1. The van der Waals surface area contributed by atoms with Crippen LogP contribution in [0.5, 0.6) is 0 Å². The van der Waals surface area contributed by atoms with Gasteiger partial charge >= 0.3 is 0 Å². The molecule has 1 amide bonds. The van der Waals surface area contributed by atoms with Crippen molar-refractivity contribution in [2.45, 2.75) is 18.9 Å². The van der Waals surface area contributed by atoms with Gasteiger partial charge in [0.05, 0.1) is 0 Å². The Labute approximate surface area is 109 Å². The summed E-state index contributed by atoms with van der Waals surface area (Å²) in [6, 6.07) is 7.81. The number of halogens is 1. The van der Waals surface area contributed by atoms with Crippen LogP contribution in [0.25, 0.3) is 0 Å². The van der Waals surface area contributed by atoms with Crippen molar-refractivity contribution in [1.29, 1.82) is 0 Å². The van der Waals surface area contributed by atoms with Crippen molar-refractivity contribution in [3.63, 3.8) is 0 Å².